The van der Waals surface area contributed by atoms with Gasteiger partial charge in [0.25, 0.3) is 5.91 Å². The number of halogens is 2. The van der Waals surface area contributed by atoms with Crippen molar-refractivity contribution in [1.82, 2.24) is 5.43 Å². The molecule has 0 atom stereocenters. The van der Waals surface area contributed by atoms with Gasteiger partial charge in [0, 0.05) is 10.6 Å². The predicted octanol–water partition coefficient (Wildman–Crippen LogP) is 5.77. The summed E-state index contributed by atoms with van der Waals surface area (Å²) in [7, 11) is 0. The van der Waals surface area contributed by atoms with Gasteiger partial charge in [-0.1, -0.05) is 30.1 Å². The summed E-state index contributed by atoms with van der Waals surface area (Å²) < 4.78 is 10.8. The predicted molar refractivity (Wildman–Crippen MR) is 125 cm³/mol. The van der Waals surface area contributed by atoms with Crippen LogP contribution in [0.15, 0.2) is 71.8 Å². The number of hydrogen-bond acceptors (Lipinski definition) is 5. The summed E-state index contributed by atoms with van der Waals surface area (Å²) >= 11 is 11.9. The highest BCUT2D eigenvalue weighted by Crippen LogP contribution is 2.23. The van der Waals surface area contributed by atoms with E-state index < -0.39 is 5.97 Å². The van der Waals surface area contributed by atoms with Crippen LogP contribution >= 0.6 is 23.2 Å². The van der Waals surface area contributed by atoms with Crippen molar-refractivity contribution in [2.24, 2.45) is 5.10 Å². The van der Waals surface area contributed by atoms with Crippen molar-refractivity contribution in [3.05, 3.63) is 93.5 Å². The van der Waals surface area contributed by atoms with E-state index in [1.54, 1.807) is 54.6 Å². The summed E-state index contributed by atoms with van der Waals surface area (Å²) in [4.78, 5) is 24.4. The molecule has 8 heteroatoms. The number of benzene rings is 3. The van der Waals surface area contributed by atoms with E-state index in [2.05, 4.69) is 10.5 Å². The van der Waals surface area contributed by atoms with Crippen molar-refractivity contribution in [2.45, 2.75) is 13.3 Å². The van der Waals surface area contributed by atoms with Crippen molar-refractivity contribution in [3.8, 4) is 11.5 Å². The Balaban J connectivity index is 1.53. The first kappa shape index (κ1) is 23.3. The SMILES string of the molecule is CCCOc1ccc(C(=O)N/N=C/c2ccc(OC(=O)c3ccc(Cl)cc3Cl)cc2)cc1. The molecule has 32 heavy (non-hydrogen) atoms. The standard InChI is InChI=1S/C24H20Cl2N2O4/c1-2-13-31-19-10-5-17(6-11-19)23(29)28-27-15-16-3-8-20(9-4-16)32-24(30)21-12-7-18(25)14-22(21)26/h3-12,14-15H,2,13H2,1H3,(H,28,29)/b27-15+. The zero-order valence-electron chi connectivity index (χ0n) is 17.2. The van der Waals surface area contributed by atoms with Crippen LogP contribution in [0.5, 0.6) is 11.5 Å². The molecule has 3 rings (SSSR count). The Bertz CT molecular complexity index is 1110. The van der Waals surface area contributed by atoms with E-state index in [4.69, 9.17) is 32.7 Å². The Morgan fingerprint density at radius 1 is 0.969 bits per heavy atom. The minimum Gasteiger partial charge on any atom is -0.494 e. The molecular weight excluding hydrogens is 451 g/mol. The Hall–Kier alpha value is -3.35. The molecule has 0 heterocycles. The molecule has 6 nitrogen and oxygen atoms in total. The molecule has 0 fully saturated rings. The normalized spacial score (nSPS) is 10.7. The molecule has 3 aromatic carbocycles. The lowest BCUT2D eigenvalue weighted by Gasteiger charge is -2.06. The molecule has 0 spiro atoms. The molecule has 0 bridgehead atoms. The molecule has 0 unspecified atom stereocenters. The van der Waals surface area contributed by atoms with E-state index in [1.807, 2.05) is 6.92 Å². The number of esters is 1. The molecule has 0 aromatic heterocycles. The smallest absolute Gasteiger partial charge is 0.345 e. The lowest BCUT2D eigenvalue weighted by atomic mass is 10.2. The number of amides is 1. The average molecular weight is 471 g/mol. The first-order valence-corrected chi connectivity index (χ1v) is 10.6. The van der Waals surface area contributed by atoms with Crippen molar-refractivity contribution in [1.29, 1.82) is 0 Å². The van der Waals surface area contributed by atoms with Gasteiger partial charge in [-0.25, -0.2) is 10.2 Å². The first-order chi connectivity index (χ1) is 15.5. The number of hydrogen-bond donors (Lipinski definition) is 1. The number of nitrogens with one attached hydrogen (secondary N) is 1. The van der Waals surface area contributed by atoms with E-state index in [-0.39, 0.29) is 16.5 Å². The summed E-state index contributed by atoms with van der Waals surface area (Å²) in [5.41, 5.74) is 3.86. The second-order valence-corrected chi connectivity index (χ2v) is 7.50. The number of ether oxygens (including phenoxy) is 2. The molecule has 0 saturated carbocycles. The van der Waals surface area contributed by atoms with Gasteiger partial charge in [0.05, 0.1) is 23.4 Å². The van der Waals surface area contributed by atoms with Crippen LogP contribution in [0.4, 0.5) is 0 Å². The van der Waals surface area contributed by atoms with Gasteiger partial charge in [-0.2, -0.15) is 5.10 Å². The van der Waals surface area contributed by atoms with Crippen LogP contribution in [0.3, 0.4) is 0 Å². The van der Waals surface area contributed by atoms with Gasteiger partial charge < -0.3 is 9.47 Å². The first-order valence-electron chi connectivity index (χ1n) is 9.80. The number of nitrogens with zero attached hydrogens (tertiary/aromatic N) is 1. The fourth-order valence-corrected chi connectivity index (χ4v) is 3.08. The van der Waals surface area contributed by atoms with Gasteiger partial charge in [0.15, 0.2) is 0 Å². The van der Waals surface area contributed by atoms with E-state index in [0.29, 0.717) is 34.3 Å². The Morgan fingerprint density at radius 2 is 1.66 bits per heavy atom. The minimum atomic E-state index is -0.591. The van der Waals surface area contributed by atoms with Gasteiger partial charge in [-0.05, 0) is 78.7 Å². The van der Waals surface area contributed by atoms with Crippen molar-refractivity contribution in [3.63, 3.8) is 0 Å². The molecule has 164 valence electrons. The second-order valence-electron chi connectivity index (χ2n) is 6.65. The number of hydrazone groups is 1. The molecule has 1 amide bonds. The molecule has 0 radical (unpaired) electrons. The quantitative estimate of drug-likeness (QED) is 0.196. The van der Waals surface area contributed by atoms with Crippen LogP contribution in [0.25, 0.3) is 0 Å². The summed E-state index contributed by atoms with van der Waals surface area (Å²) in [6.07, 6.45) is 2.40. The third kappa shape index (κ3) is 6.57. The molecule has 0 aliphatic heterocycles. The Kier molecular flexibility index (Phi) is 8.25. The van der Waals surface area contributed by atoms with Crippen LogP contribution in [0.2, 0.25) is 10.0 Å². The van der Waals surface area contributed by atoms with Crippen LogP contribution in [-0.2, 0) is 0 Å². The van der Waals surface area contributed by atoms with Gasteiger partial charge in [0.2, 0.25) is 0 Å². The van der Waals surface area contributed by atoms with Crippen molar-refractivity contribution < 1.29 is 19.1 Å². The second kappa shape index (κ2) is 11.3. The topological polar surface area (TPSA) is 77.0 Å². The van der Waals surface area contributed by atoms with Gasteiger partial charge in [-0.15, -0.1) is 0 Å². The average Bonchev–Trinajstić information content (AvgIpc) is 2.79. The highest BCUT2D eigenvalue weighted by Gasteiger charge is 2.13. The van der Waals surface area contributed by atoms with Crippen LogP contribution in [0.1, 0.15) is 39.6 Å². The zero-order chi connectivity index (χ0) is 22.9. The van der Waals surface area contributed by atoms with Crippen molar-refractivity contribution in [2.75, 3.05) is 6.61 Å². The maximum absolute atomic E-state index is 12.3. The summed E-state index contributed by atoms with van der Waals surface area (Å²) in [6.45, 7) is 2.65. The maximum atomic E-state index is 12.3. The molecule has 0 saturated heterocycles. The Labute approximate surface area is 195 Å². The summed E-state index contributed by atoms with van der Waals surface area (Å²) in [5, 5.41) is 4.60. The summed E-state index contributed by atoms with van der Waals surface area (Å²) in [6, 6.07) is 18.0. The molecule has 1 N–H and O–H groups in total. The lowest BCUT2D eigenvalue weighted by Crippen LogP contribution is -2.17. The zero-order valence-corrected chi connectivity index (χ0v) is 18.7. The molecular formula is C24H20Cl2N2O4. The van der Waals surface area contributed by atoms with E-state index in [9.17, 15) is 9.59 Å². The Morgan fingerprint density at radius 3 is 2.31 bits per heavy atom. The van der Waals surface area contributed by atoms with Crippen LogP contribution in [0, 0.1) is 0 Å². The monoisotopic (exact) mass is 470 g/mol. The van der Waals surface area contributed by atoms with Gasteiger partial charge in [0.1, 0.15) is 11.5 Å². The fourth-order valence-electron chi connectivity index (χ4n) is 2.59. The fraction of sp³-hybridized carbons (Fsp3) is 0.125. The third-order valence-corrected chi connectivity index (χ3v) is 4.76. The van der Waals surface area contributed by atoms with E-state index >= 15 is 0 Å². The highest BCUT2D eigenvalue weighted by atomic mass is 35.5. The molecule has 3 aromatic rings. The highest BCUT2D eigenvalue weighted by molar-refractivity contribution is 6.36. The lowest BCUT2D eigenvalue weighted by molar-refractivity contribution is 0.0734. The summed E-state index contributed by atoms with van der Waals surface area (Å²) in [5.74, 6) is 0.124. The number of rotatable bonds is 8. The third-order valence-electron chi connectivity index (χ3n) is 4.21. The minimum absolute atomic E-state index is 0.213. The number of carbonyl (C=O) groups excluding carboxylic acids is 2. The molecule has 0 aliphatic rings. The van der Waals surface area contributed by atoms with E-state index in [0.717, 1.165) is 6.42 Å². The maximum Gasteiger partial charge on any atom is 0.345 e. The van der Waals surface area contributed by atoms with Crippen LogP contribution in [-0.4, -0.2) is 24.7 Å². The van der Waals surface area contributed by atoms with E-state index in [1.165, 1.54) is 18.3 Å². The molecule has 0 aliphatic carbocycles. The van der Waals surface area contributed by atoms with Crippen LogP contribution < -0.4 is 14.9 Å². The van der Waals surface area contributed by atoms with Gasteiger partial charge in [-0.3, -0.25) is 4.79 Å². The number of carbonyl (C=O) groups is 2. The largest absolute Gasteiger partial charge is 0.494 e. The van der Waals surface area contributed by atoms with Crippen molar-refractivity contribution >= 4 is 41.3 Å². The van der Waals surface area contributed by atoms with Gasteiger partial charge >= 0.3 is 5.97 Å².